The van der Waals surface area contributed by atoms with E-state index in [1.807, 2.05) is 19.1 Å². The minimum absolute atomic E-state index is 0. The summed E-state index contributed by atoms with van der Waals surface area (Å²) >= 11 is 0. The molecule has 0 atom stereocenters. The summed E-state index contributed by atoms with van der Waals surface area (Å²) in [5.41, 5.74) is 1.57. The molecule has 48 valence electrons. The van der Waals surface area contributed by atoms with Crippen molar-refractivity contribution in [2.45, 2.75) is 6.92 Å². The van der Waals surface area contributed by atoms with Crippen LogP contribution < -0.4 is 18.9 Å². The molecule has 0 aromatic heterocycles. The molecule has 0 amide bonds. The molecule has 1 aliphatic rings. The molecule has 0 heterocycles. The third-order valence-corrected chi connectivity index (χ3v) is 1.32. The normalized spacial score (nSPS) is 16.4. The summed E-state index contributed by atoms with van der Waals surface area (Å²) in [7, 11) is 0. The SMILES string of the molecule is C=C1C=CC=C(C)[C-]1O.[Li+]. The van der Waals surface area contributed by atoms with Crippen LogP contribution in [0.25, 0.3) is 0 Å². The summed E-state index contributed by atoms with van der Waals surface area (Å²) in [5, 5.41) is 9.14. The van der Waals surface area contributed by atoms with Gasteiger partial charge in [0.1, 0.15) is 0 Å². The van der Waals surface area contributed by atoms with Gasteiger partial charge in [0.2, 0.25) is 0 Å². The van der Waals surface area contributed by atoms with Crippen molar-refractivity contribution in [3.8, 4) is 0 Å². The number of hydrogen-bond acceptors (Lipinski definition) is 1. The average molecular weight is 128 g/mol. The van der Waals surface area contributed by atoms with Gasteiger partial charge in [0.25, 0.3) is 0 Å². The summed E-state index contributed by atoms with van der Waals surface area (Å²) in [5.74, 6) is 0. The van der Waals surface area contributed by atoms with E-state index in [0.29, 0.717) is 11.7 Å². The Bertz CT molecular complexity index is 191. The Kier molecular flexibility index (Phi) is 3.60. The van der Waals surface area contributed by atoms with Crippen LogP contribution in [0.2, 0.25) is 0 Å². The van der Waals surface area contributed by atoms with Crippen molar-refractivity contribution in [3.05, 3.63) is 42.1 Å². The Hall–Kier alpha value is -0.353. The Balaban J connectivity index is 0.000000810. The summed E-state index contributed by atoms with van der Waals surface area (Å²) < 4.78 is 0. The first kappa shape index (κ1) is 9.65. The van der Waals surface area contributed by atoms with E-state index in [2.05, 4.69) is 6.58 Å². The van der Waals surface area contributed by atoms with Gasteiger partial charge in [-0.3, -0.25) is 0 Å². The van der Waals surface area contributed by atoms with Crippen molar-refractivity contribution in [1.82, 2.24) is 0 Å². The van der Waals surface area contributed by atoms with E-state index in [1.54, 1.807) is 6.08 Å². The predicted molar refractivity (Wildman–Crippen MR) is 37.2 cm³/mol. The van der Waals surface area contributed by atoms with Crippen LogP contribution in [0.3, 0.4) is 0 Å². The number of aliphatic hydroxyl groups is 1. The van der Waals surface area contributed by atoms with Crippen LogP contribution >= 0.6 is 0 Å². The molecular weight excluding hydrogens is 119 g/mol. The van der Waals surface area contributed by atoms with Gasteiger partial charge in [-0.1, -0.05) is 6.92 Å². The van der Waals surface area contributed by atoms with E-state index in [4.69, 9.17) is 5.11 Å². The first-order valence-electron chi connectivity index (χ1n) is 2.82. The average Bonchev–Trinajstić information content (AvgIpc) is 1.83. The van der Waals surface area contributed by atoms with E-state index in [9.17, 15) is 0 Å². The first-order chi connectivity index (χ1) is 4.22. The van der Waals surface area contributed by atoms with Gasteiger partial charge in [-0.05, 0) is 6.10 Å². The quantitative estimate of drug-likeness (QED) is 0.326. The largest absolute Gasteiger partial charge is 1.00 e. The third kappa shape index (κ3) is 1.81. The second-order valence-electron chi connectivity index (χ2n) is 2.08. The summed E-state index contributed by atoms with van der Waals surface area (Å²) in [6, 6.07) is 0. The standard InChI is InChI=1S/C8H9O.Li/c1-6-4-3-5-7(2)8(6)9;/h3-5,9H,1H2,2H3;/q-1;+1. The van der Waals surface area contributed by atoms with E-state index < -0.39 is 0 Å². The molecule has 1 rings (SSSR count). The molecule has 0 unspecified atom stereocenters. The second kappa shape index (κ2) is 3.73. The van der Waals surface area contributed by atoms with Crippen molar-refractivity contribution in [2.75, 3.05) is 0 Å². The number of aliphatic hydroxyl groups excluding tert-OH is 1. The molecular formula is C8H9LiO. The smallest absolute Gasteiger partial charge is 0.407 e. The Morgan fingerprint density at radius 2 is 2.20 bits per heavy atom. The summed E-state index contributed by atoms with van der Waals surface area (Å²) in [4.78, 5) is 0. The van der Waals surface area contributed by atoms with Gasteiger partial charge in [0.05, 0.1) is 0 Å². The molecule has 2 heteroatoms. The van der Waals surface area contributed by atoms with E-state index in [0.717, 1.165) is 5.57 Å². The van der Waals surface area contributed by atoms with Crippen LogP contribution in [0, 0.1) is 6.10 Å². The van der Waals surface area contributed by atoms with Gasteiger partial charge >= 0.3 is 18.9 Å². The van der Waals surface area contributed by atoms with Gasteiger partial charge < -0.3 is 5.11 Å². The maximum atomic E-state index is 9.14. The minimum Gasteiger partial charge on any atom is -0.407 e. The second-order valence-corrected chi connectivity index (χ2v) is 2.08. The zero-order valence-electron chi connectivity index (χ0n) is 6.39. The van der Waals surface area contributed by atoms with Gasteiger partial charge in [-0.25, -0.2) is 0 Å². The number of rotatable bonds is 0. The fraction of sp³-hybridized carbons (Fsp3) is 0.125. The molecule has 0 bridgehead atoms. The van der Waals surface area contributed by atoms with Crippen LogP contribution in [0.4, 0.5) is 0 Å². The molecule has 0 saturated heterocycles. The van der Waals surface area contributed by atoms with Crippen LogP contribution in [0.5, 0.6) is 0 Å². The molecule has 0 saturated carbocycles. The van der Waals surface area contributed by atoms with Gasteiger partial charge in [0, 0.05) is 0 Å². The fourth-order valence-corrected chi connectivity index (χ4v) is 0.720. The molecule has 1 aliphatic carbocycles. The number of hydrogen-bond donors (Lipinski definition) is 1. The Labute approximate surface area is 73.3 Å². The molecule has 0 fully saturated rings. The van der Waals surface area contributed by atoms with Crippen molar-refractivity contribution >= 4 is 0 Å². The van der Waals surface area contributed by atoms with Gasteiger partial charge in [-0.2, -0.15) is 6.58 Å². The van der Waals surface area contributed by atoms with Crippen molar-refractivity contribution in [2.24, 2.45) is 0 Å². The molecule has 0 aliphatic heterocycles. The maximum Gasteiger partial charge on any atom is 1.00 e. The van der Waals surface area contributed by atoms with Crippen LogP contribution in [-0.2, 0) is 0 Å². The van der Waals surface area contributed by atoms with Crippen molar-refractivity contribution in [1.29, 1.82) is 0 Å². The zero-order valence-corrected chi connectivity index (χ0v) is 6.39. The van der Waals surface area contributed by atoms with E-state index in [-0.39, 0.29) is 18.9 Å². The maximum absolute atomic E-state index is 9.14. The topological polar surface area (TPSA) is 20.2 Å². The van der Waals surface area contributed by atoms with Crippen molar-refractivity contribution in [3.63, 3.8) is 0 Å². The molecule has 1 N–H and O–H groups in total. The predicted octanol–water partition coefficient (Wildman–Crippen LogP) is -1.03. The van der Waals surface area contributed by atoms with E-state index >= 15 is 0 Å². The molecule has 10 heavy (non-hydrogen) atoms. The Morgan fingerprint density at radius 3 is 2.60 bits per heavy atom. The summed E-state index contributed by atoms with van der Waals surface area (Å²) in [6.07, 6.45) is 5.81. The van der Waals surface area contributed by atoms with Crippen molar-refractivity contribution < 1.29 is 24.0 Å². The molecule has 0 radical (unpaired) electrons. The van der Waals surface area contributed by atoms with Crippen LogP contribution in [-0.4, -0.2) is 5.11 Å². The van der Waals surface area contributed by atoms with Gasteiger partial charge in [0.15, 0.2) is 0 Å². The molecule has 0 spiro atoms. The summed E-state index contributed by atoms with van der Waals surface area (Å²) in [6.45, 7) is 5.48. The monoisotopic (exact) mass is 128 g/mol. The first-order valence-corrected chi connectivity index (χ1v) is 2.82. The van der Waals surface area contributed by atoms with E-state index in [1.165, 1.54) is 0 Å². The number of allylic oxidation sites excluding steroid dienone is 2. The molecule has 0 aromatic rings. The minimum atomic E-state index is 0. The zero-order chi connectivity index (χ0) is 6.85. The Morgan fingerprint density at radius 1 is 1.60 bits per heavy atom. The molecule has 1 nitrogen and oxygen atoms in total. The van der Waals surface area contributed by atoms with Crippen LogP contribution in [0.1, 0.15) is 6.92 Å². The van der Waals surface area contributed by atoms with Crippen LogP contribution in [0.15, 0.2) is 36.0 Å². The fourth-order valence-electron chi connectivity index (χ4n) is 0.720. The third-order valence-electron chi connectivity index (χ3n) is 1.32. The van der Waals surface area contributed by atoms with Gasteiger partial charge in [-0.15, -0.1) is 29.4 Å². The molecule has 0 aromatic carbocycles.